The third-order valence-corrected chi connectivity index (χ3v) is 19.3. The quantitative estimate of drug-likeness (QED) is 0.0320. The van der Waals surface area contributed by atoms with E-state index < -0.39 is 12.1 Å². The number of unbranched alkanes of at least 4 members (excludes halogenated alkanes) is 64. The summed E-state index contributed by atoms with van der Waals surface area (Å²) in [6.45, 7) is 5.01. The van der Waals surface area contributed by atoms with Crippen LogP contribution in [-0.4, -0.2) is 47.4 Å². The van der Waals surface area contributed by atoms with Gasteiger partial charge in [0.2, 0.25) is 5.91 Å². The minimum absolute atomic E-state index is 0.0210. The van der Waals surface area contributed by atoms with E-state index in [1.807, 2.05) is 0 Å². The number of rotatable bonds is 77. The SMILES string of the molecule is CCCCCCCCC/C=C\CCCCCCCCCC(=O)OCCCCCCCCCCCCCCCCCCCCCCCCCCCCCCCCCCCCCC(=O)NC(CO)C(O)CCCCCCCCCCCCCCCCCCC. The van der Waals surface area contributed by atoms with Gasteiger partial charge in [-0.05, 0) is 51.4 Å². The summed E-state index contributed by atoms with van der Waals surface area (Å²) in [5.74, 6) is -0.00397. The van der Waals surface area contributed by atoms with E-state index in [0.29, 0.717) is 25.9 Å². The number of aliphatic hydroxyl groups is 2. The molecule has 6 nitrogen and oxygen atoms in total. The van der Waals surface area contributed by atoms with Crippen LogP contribution in [0.3, 0.4) is 0 Å². The molecule has 0 rings (SSSR count). The number of amides is 1. The summed E-state index contributed by atoms with van der Waals surface area (Å²) in [5, 5.41) is 23.4. The first-order chi connectivity index (χ1) is 43.0. The summed E-state index contributed by atoms with van der Waals surface area (Å²) in [4.78, 5) is 24.7. The van der Waals surface area contributed by atoms with Gasteiger partial charge < -0.3 is 20.3 Å². The molecule has 6 heteroatoms. The Morgan fingerprint density at radius 2 is 0.540 bits per heavy atom. The van der Waals surface area contributed by atoms with Crippen molar-refractivity contribution in [3.05, 3.63) is 12.2 Å². The third kappa shape index (κ3) is 73.5. The zero-order valence-corrected chi connectivity index (χ0v) is 59.5. The number of hydrogen-bond donors (Lipinski definition) is 3. The van der Waals surface area contributed by atoms with Gasteiger partial charge in [0.1, 0.15) is 0 Å². The Morgan fingerprint density at radius 1 is 0.310 bits per heavy atom. The lowest BCUT2D eigenvalue weighted by molar-refractivity contribution is -0.143. The summed E-state index contributed by atoms with van der Waals surface area (Å²) in [6.07, 6.45) is 97.5. The minimum atomic E-state index is -0.660. The molecule has 518 valence electrons. The van der Waals surface area contributed by atoms with E-state index in [-0.39, 0.29) is 18.5 Å². The Morgan fingerprint density at radius 3 is 0.816 bits per heavy atom. The monoisotopic (exact) mass is 1230 g/mol. The van der Waals surface area contributed by atoms with Gasteiger partial charge in [-0.25, -0.2) is 0 Å². The first kappa shape index (κ1) is 85.6. The summed E-state index contributed by atoms with van der Waals surface area (Å²) in [7, 11) is 0. The lowest BCUT2D eigenvalue weighted by Gasteiger charge is -2.22. The van der Waals surface area contributed by atoms with Crippen LogP contribution >= 0.6 is 0 Å². The fourth-order valence-electron chi connectivity index (χ4n) is 13.2. The van der Waals surface area contributed by atoms with Crippen molar-refractivity contribution in [2.75, 3.05) is 13.2 Å². The molecule has 0 radical (unpaired) electrons. The number of ether oxygens (including phenoxy) is 1. The molecule has 0 aromatic rings. The number of aliphatic hydroxyl groups excluding tert-OH is 2. The van der Waals surface area contributed by atoms with Crippen LogP contribution in [0.25, 0.3) is 0 Å². The van der Waals surface area contributed by atoms with E-state index >= 15 is 0 Å². The largest absolute Gasteiger partial charge is 0.466 e. The second kappa shape index (κ2) is 77.1. The Bertz CT molecular complexity index is 1320. The zero-order valence-electron chi connectivity index (χ0n) is 59.5. The molecule has 0 saturated heterocycles. The van der Waals surface area contributed by atoms with Crippen molar-refractivity contribution >= 4 is 11.9 Å². The first-order valence-electron chi connectivity index (χ1n) is 40.4. The van der Waals surface area contributed by atoms with Crippen molar-refractivity contribution in [1.82, 2.24) is 5.32 Å². The average Bonchev–Trinajstić information content (AvgIpc) is 3.53. The van der Waals surface area contributed by atoms with Gasteiger partial charge in [0.05, 0.1) is 25.4 Å². The fraction of sp³-hybridized carbons (Fsp3) is 0.951. The van der Waals surface area contributed by atoms with Gasteiger partial charge >= 0.3 is 5.97 Å². The predicted molar refractivity (Wildman–Crippen MR) is 384 cm³/mol. The standard InChI is InChI=1S/C81H159NO5/c1-3-5-7-9-11-13-15-17-19-21-43-47-51-55-59-63-67-71-75-81(86)87-76-72-68-64-60-56-52-48-44-40-38-36-34-32-30-28-26-24-22-23-25-27-29-31-33-35-37-39-42-46-50-54-58-62-66-70-74-80(85)82-78(77-83)79(84)73-69-65-61-57-53-49-45-41-20-18-16-14-12-10-8-6-4-2/h19,21,78-79,83-84H,3-18,20,22-77H2,1-2H3,(H,82,85)/b21-19-. The topological polar surface area (TPSA) is 95.9 Å². The molecule has 0 heterocycles. The summed E-state index contributed by atoms with van der Waals surface area (Å²) in [6, 6.07) is -0.537. The van der Waals surface area contributed by atoms with Gasteiger partial charge in [-0.1, -0.05) is 418 Å². The Hall–Kier alpha value is -1.40. The molecule has 0 aromatic heterocycles. The van der Waals surface area contributed by atoms with Gasteiger partial charge in [0.25, 0.3) is 0 Å². The van der Waals surface area contributed by atoms with Crippen molar-refractivity contribution < 1.29 is 24.5 Å². The third-order valence-electron chi connectivity index (χ3n) is 19.3. The van der Waals surface area contributed by atoms with E-state index in [9.17, 15) is 19.8 Å². The maximum absolute atomic E-state index is 12.5. The van der Waals surface area contributed by atoms with E-state index in [1.165, 1.54) is 398 Å². The predicted octanol–water partition coefficient (Wildman–Crippen LogP) is 26.7. The summed E-state index contributed by atoms with van der Waals surface area (Å²) >= 11 is 0. The molecule has 0 aliphatic carbocycles. The molecule has 0 bridgehead atoms. The van der Waals surface area contributed by atoms with Crippen molar-refractivity contribution in [3.8, 4) is 0 Å². The second-order valence-electron chi connectivity index (χ2n) is 28.1. The van der Waals surface area contributed by atoms with Gasteiger partial charge in [-0.2, -0.15) is 0 Å². The van der Waals surface area contributed by atoms with Crippen molar-refractivity contribution in [1.29, 1.82) is 0 Å². The molecule has 0 aliphatic heterocycles. The molecule has 2 atom stereocenters. The molecule has 0 aromatic carbocycles. The summed E-state index contributed by atoms with van der Waals surface area (Å²) < 4.78 is 5.52. The highest BCUT2D eigenvalue weighted by molar-refractivity contribution is 5.76. The van der Waals surface area contributed by atoms with Crippen LogP contribution in [0.2, 0.25) is 0 Å². The van der Waals surface area contributed by atoms with Gasteiger partial charge in [-0.3, -0.25) is 9.59 Å². The van der Waals surface area contributed by atoms with Crippen LogP contribution in [0.15, 0.2) is 12.2 Å². The normalized spacial score (nSPS) is 12.5. The van der Waals surface area contributed by atoms with Crippen LogP contribution in [0.5, 0.6) is 0 Å². The number of carbonyl (C=O) groups is 2. The molecular weight excluding hydrogens is 1070 g/mol. The van der Waals surface area contributed by atoms with Gasteiger partial charge in [-0.15, -0.1) is 0 Å². The van der Waals surface area contributed by atoms with Crippen LogP contribution in [0, 0.1) is 0 Å². The smallest absolute Gasteiger partial charge is 0.305 e. The number of hydrogen-bond acceptors (Lipinski definition) is 5. The number of carbonyl (C=O) groups excluding carboxylic acids is 2. The van der Waals surface area contributed by atoms with E-state index in [1.54, 1.807) is 0 Å². The molecular formula is C81H159NO5. The molecule has 0 saturated carbocycles. The second-order valence-corrected chi connectivity index (χ2v) is 28.1. The highest BCUT2D eigenvalue weighted by atomic mass is 16.5. The zero-order chi connectivity index (χ0) is 62.8. The summed E-state index contributed by atoms with van der Waals surface area (Å²) in [5.41, 5.74) is 0. The average molecular weight is 1230 g/mol. The number of nitrogens with one attached hydrogen (secondary N) is 1. The molecule has 87 heavy (non-hydrogen) atoms. The Kier molecular flexibility index (Phi) is 75.8. The number of allylic oxidation sites excluding steroid dienone is 2. The lowest BCUT2D eigenvalue weighted by atomic mass is 10.0. The molecule has 3 N–H and O–H groups in total. The first-order valence-corrected chi connectivity index (χ1v) is 40.4. The minimum Gasteiger partial charge on any atom is -0.466 e. The van der Waals surface area contributed by atoms with Crippen molar-refractivity contribution in [2.45, 2.75) is 482 Å². The van der Waals surface area contributed by atoms with Crippen molar-refractivity contribution in [2.24, 2.45) is 0 Å². The molecule has 0 fully saturated rings. The molecule has 1 amide bonds. The molecule has 0 spiro atoms. The maximum atomic E-state index is 12.5. The Balaban J connectivity index is 3.29. The molecule has 0 aliphatic rings. The van der Waals surface area contributed by atoms with E-state index in [0.717, 1.165) is 38.5 Å². The van der Waals surface area contributed by atoms with Crippen LogP contribution < -0.4 is 5.32 Å². The van der Waals surface area contributed by atoms with E-state index in [4.69, 9.17) is 4.74 Å². The maximum Gasteiger partial charge on any atom is 0.305 e. The van der Waals surface area contributed by atoms with E-state index in [2.05, 4.69) is 31.3 Å². The molecule has 2 unspecified atom stereocenters. The highest BCUT2D eigenvalue weighted by Crippen LogP contribution is 2.20. The van der Waals surface area contributed by atoms with Gasteiger partial charge in [0.15, 0.2) is 0 Å². The number of esters is 1. The highest BCUT2D eigenvalue weighted by Gasteiger charge is 2.20. The fourth-order valence-corrected chi connectivity index (χ4v) is 13.2. The van der Waals surface area contributed by atoms with Crippen LogP contribution in [-0.2, 0) is 14.3 Å². The van der Waals surface area contributed by atoms with Crippen molar-refractivity contribution in [3.63, 3.8) is 0 Å². The Labute approximate surface area is 546 Å². The van der Waals surface area contributed by atoms with Crippen LogP contribution in [0.4, 0.5) is 0 Å². The lowest BCUT2D eigenvalue weighted by Crippen LogP contribution is -2.45. The van der Waals surface area contributed by atoms with Crippen LogP contribution in [0.1, 0.15) is 470 Å². The van der Waals surface area contributed by atoms with Gasteiger partial charge in [0, 0.05) is 12.8 Å².